The van der Waals surface area contributed by atoms with Gasteiger partial charge in [0, 0.05) is 13.1 Å². The summed E-state index contributed by atoms with van der Waals surface area (Å²) in [5.41, 5.74) is 8.04. The van der Waals surface area contributed by atoms with E-state index in [2.05, 4.69) is 28.5 Å². The number of nitrogens with two attached hydrogens (primary N) is 1. The summed E-state index contributed by atoms with van der Waals surface area (Å²) in [6.07, 6.45) is 6.12. The summed E-state index contributed by atoms with van der Waals surface area (Å²) in [5.74, 6) is 0. The van der Waals surface area contributed by atoms with Crippen molar-refractivity contribution in [3.05, 3.63) is 40.6 Å². The molecular formula is C15H22N2O2S. The van der Waals surface area contributed by atoms with Gasteiger partial charge in [0.25, 0.3) is 0 Å². The molecule has 0 saturated carbocycles. The Bertz CT molecular complexity index is 474. The number of hydrogen-bond donors (Lipinski definition) is 3. The lowest BCUT2D eigenvalue weighted by molar-refractivity contribution is 0.155. The summed E-state index contributed by atoms with van der Waals surface area (Å²) in [5, 5.41) is 22.6. The number of aliphatic hydroxyl groups is 2. The highest BCUT2D eigenvalue weighted by molar-refractivity contribution is 7.08. The minimum Gasteiger partial charge on any atom is -0.395 e. The molecule has 2 unspecified atom stereocenters. The monoisotopic (exact) mass is 294 g/mol. The van der Waals surface area contributed by atoms with E-state index in [9.17, 15) is 10.2 Å². The van der Waals surface area contributed by atoms with Crippen molar-refractivity contribution >= 4 is 16.9 Å². The predicted octanol–water partition coefficient (Wildman–Crippen LogP) is 1.07. The van der Waals surface area contributed by atoms with Gasteiger partial charge in [-0.2, -0.15) is 11.3 Å². The van der Waals surface area contributed by atoms with Crippen LogP contribution >= 0.6 is 11.3 Å². The number of aliphatic hydroxyl groups excluding tert-OH is 2. The summed E-state index contributed by atoms with van der Waals surface area (Å²) in [7, 11) is 0. The van der Waals surface area contributed by atoms with Crippen LogP contribution in [-0.2, 0) is 0 Å². The van der Waals surface area contributed by atoms with Gasteiger partial charge in [0.2, 0.25) is 0 Å². The van der Waals surface area contributed by atoms with E-state index in [1.165, 1.54) is 0 Å². The van der Waals surface area contributed by atoms with Crippen LogP contribution in [0.15, 0.2) is 35.1 Å². The van der Waals surface area contributed by atoms with Gasteiger partial charge in [-0.3, -0.25) is 4.90 Å². The third-order valence-corrected chi connectivity index (χ3v) is 4.13. The van der Waals surface area contributed by atoms with Crippen LogP contribution in [0.2, 0.25) is 0 Å². The standard InChI is InChI=1S/C15H22N2O2S/c1-15(16)4-2-14(17(5-7-18)6-8-19)13(10-15)12-3-9-20-11-12/h2-4,9-11,14,18-19H,5-8,16H2,1H3. The van der Waals surface area contributed by atoms with Gasteiger partial charge in [-0.15, -0.1) is 0 Å². The number of nitrogens with zero attached hydrogens (tertiary/aromatic N) is 1. The average Bonchev–Trinajstić information content (AvgIpc) is 2.91. The van der Waals surface area contributed by atoms with Crippen molar-refractivity contribution in [1.29, 1.82) is 0 Å². The van der Waals surface area contributed by atoms with Gasteiger partial charge < -0.3 is 15.9 Å². The van der Waals surface area contributed by atoms with E-state index in [1.807, 2.05) is 18.4 Å². The second kappa shape index (κ2) is 6.65. The summed E-state index contributed by atoms with van der Waals surface area (Å²) < 4.78 is 0. The molecule has 0 fully saturated rings. The molecule has 2 atom stereocenters. The number of thiophene rings is 1. The van der Waals surface area contributed by atoms with E-state index < -0.39 is 5.54 Å². The molecule has 20 heavy (non-hydrogen) atoms. The van der Waals surface area contributed by atoms with Gasteiger partial charge in [0.05, 0.1) is 24.8 Å². The fourth-order valence-corrected chi connectivity index (χ4v) is 3.18. The second-order valence-corrected chi connectivity index (χ2v) is 6.04. The van der Waals surface area contributed by atoms with E-state index in [-0.39, 0.29) is 19.3 Å². The summed E-state index contributed by atoms with van der Waals surface area (Å²) in [6, 6.07) is 2.12. The van der Waals surface area contributed by atoms with Crippen LogP contribution in [0.3, 0.4) is 0 Å². The molecule has 0 radical (unpaired) electrons. The van der Waals surface area contributed by atoms with E-state index in [1.54, 1.807) is 11.3 Å². The van der Waals surface area contributed by atoms with Crippen LogP contribution in [-0.4, -0.2) is 53.0 Å². The van der Waals surface area contributed by atoms with Crippen molar-refractivity contribution in [3.63, 3.8) is 0 Å². The van der Waals surface area contributed by atoms with Gasteiger partial charge in [-0.05, 0) is 34.9 Å². The first kappa shape index (κ1) is 15.4. The van der Waals surface area contributed by atoms with E-state index >= 15 is 0 Å². The van der Waals surface area contributed by atoms with Crippen molar-refractivity contribution in [2.24, 2.45) is 5.73 Å². The summed E-state index contributed by atoms with van der Waals surface area (Å²) in [4.78, 5) is 2.06. The Hall–Kier alpha value is -0.980. The first-order valence-corrected chi connectivity index (χ1v) is 7.71. The van der Waals surface area contributed by atoms with E-state index in [0.29, 0.717) is 13.1 Å². The Morgan fingerprint density at radius 3 is 2.60 bits per heavy atom. The minimum absolute atomic E-state index is 0.0422. The molecule has 4 N–H and O–H groups in total. The van der Waals surface area contributed by atoms with Crippen LogP contribution in [0.25, 0.3) is 5.57 Å². The zero-order chi connectivity index (χ0) is 14.6. The molecule has 0 saturated heterocycles. The molecule has 0 spiro atoms. The molecule has 1 aromatic heterocycles. The SMILES string of the molecule is CC1(N)C=CC(N(CCO)CCO)C(c2ccsc2)=C1. The van der Waals surface area contributed by atoms with Gasteiger partial charge in [0.1, 0.15) is 0 Å². The van der Waals surface area contributed by atoms with Crippen molar-refractivity contribution in [2.75, 3.05) is 26.3 Å². The normalized spacial score (nSPS) is 26.1. The Labute approximate surface area is 123 Å². The second-order valence-electron chi connectivity index (χ2n) is 5.26. The molecular weight excluding hydrogens is 272 g/mol. The number of hydrogen-bond acceptors (Lipinski definition) is 5. The lowest BCUT2D eigenvalue weighted by atomic mass is 9.86. The molecule has 1 aromatic rings. The zero-order valence-corrected chi connectivity index (χ0v) is 12.5. The largest absolute Gasteiger partial charge is 0.395 e. The zero-order valence-electron chi connectivity index (χ0n) is 11.7. The third-order valence-electron chi connectivity index (χ3n) is 3.45. The van der Waals surface area contributed by atoms with Crippen LogP contribution in [0, 0.1) is 0 Å². The smallest absolute Gasteiger partial charge is 0.0558 e. The lowest BCUT2D eigenvalue weighted by Crippen LogP contribution is -2.43. The highest BCUT2D eigenvalue weighted by atomic mass is 32.1. The highest BCUT2D eigenvalue weighted by Gasteiger charge is 2.27. The van der Waals surface area contributed by atoms with Gasteiger partial charge in [-0.25, -0.2) is 0 Å². The van der Waals surface area contributed by atoms with Gasteiger partial charge in [-0.1, -0.05) is 18.2 Å². The molecule has 0 aromatic carbocycles. The topological polar surface area (TPSA) is 69.7 Å². The first-order valence-electron chi connectivity index (χ1n) is 6.77. The molecule has 5 heteroatoms. The Kier molecular flexibility index (Phi) is 5.12. The molecule has 1 heterocycles. The third kappa shape index (κ3) is 3.56. The van der Waals surface area contributed by atoms with E-state index in [0.717, 1.165) is 11.1 Å². The lowest BCUT2D eigenvalue weighted by Gasteiger charge is -2.35. The number of rotatable bonds is 6. The van der Waals surface area contributed by atoms with E-state index in [4.69, 9.17) is 5.73 Å². The molecule has 110 valence electrons. The molecule has 0 bridgehead atoms. The van der Waals surface area contributed by atoms with Crippen molar-refractivity contribution in [1.82, 2.24) is 4.90 Å². The van der Waals surface area contributed by atoms with Crippen LogP contribution in [0.1, 0.15) is 12.5 Å². The minimum atomic E-state index is -0.460. The van der Waals surface area contributed by atoms with Crippen LogP contribution in [0.5, 0.6) is 0 Å². The van der Waals surface area contributed by atoms with Crippen molar-refractivity contribution in [2.45, 2.75) is 18.5 Å². The van der Waals surface area contributed by atoms with Crippen LogP contribution < -0.4 is 5.73 Å². The van der Waals surface area contributed by atoms with Crippen LogP contribution in [0.4, 0.5) is 0 Å². The fraction of sp³-hybridized carbons (Fsp3) is 0.467. The van der Waals surface area contributed by atoms with Gasteiger partial charge >= 0.3 is 0 Å². The highest BCUT2D eigenvalue weighted by Crippen LogP contribution is 2.31. The predicted molar refractivity (Wildman–Crippen MR) is 83.6 cm³/mol. The molecule has 0 aliphatic heterocycles. The Balaban J connectivity index is 2.32. The first-order chi connectivity index (χ1) is 9.57. The molecule has 1 aliphatic rings. The van der Waals surface area contributed by atoms with Crippen molar-refractivity contribution < 1.29 is 10.2 Å². The van der Waals surface area contributed by atoms with Crippen molar-refractivity contribution in [3.8, 4) is 0 Å². The fourth-order valence-electron chi connectivity index (χ4n) is 2.52. The molecule has 2 rings (SSSR count). The molecule has 0 amide bonds. The maximum Gasteiger partial charge on any atom is 0.0558 e. The summed E-state index contributed by atoms with van der Waals surface area (Å²) in [6.45, 7) is 3.16. The quantitative estimate of drug-likeness (QED) is 0.687. The average molecular weight is 294 g/mol. The summed E-state index contributed by atoms with van der Waals surface area (Å²) >= 11 is 1.65. The maximum absolute atomic E-state index is 9.22. The molecule has 1 aliphatic carbocycles. The van der Waals surface area contributed by atoms with Gasteiger partial charge in [0.15, 0.2) is 0 Å². The maximum atomic E-state index is 9.22. The Morgan fingerprint density at radius 2 is 2.05 bits per heavy atom. The molecule has 4 nitrogen and oxygen atoms in total. The Morgan fingerprint density at radius 1 is 1.35 bits per heavy atom.